The van der Waals surface area contributed by atoms with Gasteiger partial charge in [-0.15, -0.1) is 0 Å². The minimum Gasteiger partial charge on any atom is -0.465 e. The van der Waals surface area contributed by atoms with Crippen molar-refractivity contribution in [3.63, 3.8) is 0 Å². The van der Waals surface area contributed by atoms with Crippen LogP contribution >= 0.6 is 0 Å². The van der Waals surface area contributed by atoms with Gasteiger partial charge in [-0.1, -0.05) is 36.4 Å². The van der Waals surface area contributed by atoms with Crippen molar-refractivity contribution in [1.29, 1.82) is 0 Å². The van der Waals surface area contributed by atoms with Crippen molar-refractivity contribution in [1.82, 2.24) is 5.32 Å². The van der Waals surface area contributed by atoms with Crippen LogP contribution in [-0.4, -0.2) is 31.6 Å². The summed E-state index contributed by atoms with van der Waals surface area (Å²) in [7, 11) is 1.26. The highest BCUT2D eigenvalue weighted by atomic mass is 16.5. The summed E-state index contributed by atoms with van der Waals surface area (Å²) < 4.78 is 9.59. The van der Waals surface area contributed by atoms with Gasteiger partial charge in [0.15, 0.2) is 6.61 Å². The Hall–Kier alpha value is -3.15. The van der Waals surface area contributed by atoms with Crippen LogP contribution in [0.1, 0.15) is 39.2 Å². The van der Waals surface area contributed by atoms with E-state index in [4.69, 9.17) is 4.74 Å². The van der Waals surface area contributed by atoms with Crippen LogP contribution in [0.25, 0.3) is 0 Å². The third kappa shape index (κ3) is 5.17. The van der Waals surface area contributed by atoms with E-state index in [1.54, 1.807) is 6.07 Å². The molecule has 6 heteroatoms. The van der Waals surface area contributed by atoms with Gasteiger partial charge in [-0.3, -0.25) is 4.79 Å². The summed E-state index contributed by atoms with van der Waals surface area (Å²) >= 11 is 0. The summed E-state index contributed by atoms with van der Waals surface area (Å²) in [5.41, 5.74) is 1.36. The molecule has 1 atom stereocenters. The number of hydrogen-bond acceptors (Lipinski definition) is 5. The maximum atomic E-state index is 12.0. The molecule has 0 heterocycles. The maximum Gasteiger partial charge on any atom is 0.338 e. The zero-order chi connectivity index (χ0) is 18.2. The van der Waals surface area contributed by atoms with E-state index in [9.17, 15) is 14.4 Å². The smallest absolute Gasteiger partial charge is 0.338 e. The van der Waals surface area contributed by atoms with Crippen LogP contribution in [0, 0.1) is 0 Å². The molecule has 0 aromatic heterocycles. The minimum absolute atomic E-state index is 0.173. The number of hydrogen-bond donors (Lipinski definition) is 1. The molecule has 0 fully saturated rings. The molecule has 0 spiro atoms. The lowest BCUT2D eigenvalue weighted by atomic mass is 10.1. The molecule has 0 aliphatic carbocycles. The van der Waals surface area contributed by atoms with Crippen LogP contribution in [-0.2, 0) is 14.3 Å². The highest BCUT2D eigenvalue weighted by Crippen LogP contribution is 2.11. The van der Waals surface area contributed by atoms with Gasteiger partial charge in [-0.25, -0.2) is 9.59 Å². The van der Waals surface area contributed by atoms with Crippen LogP contribution in [0.2, 0.25) is 0 Å². The Morgan fingerprint density at radius 1 is 0.960 bits per heavy atom. The number of ether oxygens (including phenoxy) is 2. The first-order valence-electron chi connectivity index (χ1n) is 7.71. The summed E-state index contributed by atoms with van der Waals surface area (Å²) in [5, 5.41) is 2.75. The van der Waals surface area contributed by atoms with Gasteiger partial charge in [0.1, 0.15) is 0 Å². The second-order valence-corrected chi connectivity index (χ2v) is 5.35. The summed E-state index contributed by atoms with van der Waals surface area (Å²) in [6, 6.07) is 15.2. The quantitative estimate of drug-likeness (QED) is 0.817. The first-order valence-corrected chi connectivity index (χ1v) is 7.71. The van der Waals surface area contributed by atoms with E-state index in [0.717, 1.165) is 5.56 Å². The molecule has 1 amide bonds. The van der Waals surface area contributed by atoms with Gasteiger partial charge in [-0.2, -0.15) is 0 Å². The Labute approximate surface area is 145 Å². The predicted octanol–water partition coefficient (Wildman–Crippen LogP) is 2.51. The van der Waals surface area contributed by atoms with Crippen LogP contribution in [0.4, 0.5) is 0 Å². The lowest BCUT2D eigenvalue weighted by molar-refractivity contribution is -0.124. The molecule has 2 rings (SSSR count). The highest BCUT2D eigenvalue weighted by Gasteiger charge is 2.14. The minimum atomic E-state index is -0.687. The van der Waals surface area contributed by atoms with Crippen LogP contribution in [0.3, 0.4) is 0 Å². The molecule has 1 N–H and O–H groups in total. The van der Waals surface area contributed by atoms with Gasteiger partial charge in [0, 0.05) is 0 Å². The van der Waals surface area contributed by atoms with Crippen molar-refractivity contribution in [3.05, 3.63) is 71.3 Å². The first-order chi connectivity index (χ1) is 12.0. The fourth-order valence-corrected chi connectivity index (χ4v) is 2.21. The van der Waals surface area contributed by atoms with Gasteiger partial charge in [0.25, 0.3) is 5.91 Å². The Kier molecular flexibility index (Phi) is 6.28. The molecule has 0 aliphatic rings. The number of nitrogens with one attached hydrogen (secondary N) is 1. The Balaban J connectivity index is 1.89. The first kappa shape index (κ1) is 18.2. The van der Waals surface area contributed by atoms with Gasteiger partial charge >= 0.3 is 11.9 Å². The zero-order valence-corrected chi connectivity index (χ0v) is 14.0. The number of benzene rings is 2. The molecular formula is C19H19NO5. The lowest BCUT2D eigenvalue weighted by Crippen LogP contribution is -2.31. The molecule has 130 valence electrons. The Morgan fingerprint density at radius 2 is 1.60 bits per heavy atom. The average Bonchev–Trinajstić information content (AvgIpc) is 2.66. The molecule has 0 saturated carbocycles. The number of methoxy groups -OCH3 is 1. The maximum absolute atomic E-state index is 12.0. The molecule has 2 aromatic carbocycles. The van der Waals surface area contributed by atoms with E-state index in [0.29, 0.717) is 0 Å². The Bertz CT molecular complexity index is 757. The van der Waals surface area contributed by atoms with E-state index in [2.05, 4.69) is 10.1 Å². The zero-order valence-electron chi connectivity index (χ0n) is 14.0. The predicted molar refractivity (Wildman–Crippen MR) is 91.1 cm³/mol. The molecule has 0 saturated heterocycles. The molecule has 6 nitrogen and oxygen atoms in total. The largest absolute Gasteiger partial charge is 0.465 e. The van der Waals surface area contributed by atoms with Gasteiger partial charge in [-0.05, 0) is 30.7 Å². The standard InChI is InChI=1S/C19H19NO5/c1-13(14-7-4-3-5-8-14)20-17(21)12-25-19(23)16-10-6-9-15(11-16)18(22)24-2/h3-11,13H,12H2,1-2H3,(H,20,21)/t13-/m1/s1. The summed E-state index contributed by atoms with van der Waals surface area (Å²) in [6.45, 7) is 1.44. The van der Waals surface area contributed by atoms with E-state index < -0.39 is 24.5 Å². The molecule has 0 radical (unpaired) electrons. The van der Waals surface area contributed by atoms with Crippen molar-refractivity contribution >= 4 is 17.8 Å². The highest BCUT2D eigenvalue weighted by molar-refractivity contribution is 5.96. The van der Waals surface area contributed by atoms with Crippen molar-refractivity contribution in [3.8, 4) is 0 Å². The third-order valence-electron chi connectivity index (χ3n) is 3.53. The molecule has 0 aliphatic heterocycles. The van der Waals surface area contributed by atoms with Crippen molar-refractivity contribution < 1.29 is 23.9 Å². The lowest BCUT2D eigenvalue weighted by Gasteiger charge is -2.14. The molecule has 0 bridgehead atoms. The second-order valence-electron chi connectivity index (χ2n) is 5.35. The molecule has 0 unspecified atom stereocenters. The number of esters is 2. The van der Waals surface area contributed by atoms with E-state index in [-0.39, 0.29) is 17.2 Å². The van der Waals surface area contributed by atoms with Crippen LogP contribution in [0.5, 0.6) is 0 Å². The monoisotopic (exact) mass is 341 g/mol. The fourth-order valence-electron chi connectivity index (χ4n) is 2.21. The van der Waals surface area contributed by atoms with E-state index >= 15 is 0 Å². The van der Waals surface area contributed by atoms with Gasteiger partial charge in [0.2, 0.25) is 0 Å². The van der Waals surface area contributed by atoms with Crippen molar-refractivity contribution in [2.75, 3.05) is 13.7 Å². The third-order valence-corrected chi connectivity index (χ3v) is 3.53. The second kappa shape index (κ2) is 8.63. The molecule has 25 heavy (non-hydrogen) atoms. The topological polar surface area (TPSA) is 81.7 Å². The van der Waals surface area contributed by atoms with Crippen LogP contribution in [0.15, 0.2) is 54.6 Å². The normalized spacial score (nSPS) is 11.3. The van der Waals surface area contributed by atoms with E-state index in [1.807, 2.05) is 37.3 Å². The summed E-state index contributed by atoms with van der Waals surface area (Å²) in [6.07, 6.45) is 0. The Morgan fingerprint density at radius 3 is 2.24 bits per heavy atom. The van der Waals surface area contributed by atoms with Crippen LogP contribution < -0.4 is 5.32 Å². The number of carbonyl (C=O) groups excluding carboxylic acids is 3. The summed E-state index contributed by atoms with van der Waals surface area (Å²) in [4.78, 5) is 35.4. The van der Waals surface area contributed by atoms with E-state index in [1.165, 1.54) is 25.3 Å². The van der Waals surface area contributed by atoms with Gasteiger partial charge < -0.3 is 14.8 Å². The molecular weight excluding hydrogens is 322 g/mol. The number of rotatable bonds is 6. The van der Waals surface area contributed by atoms with Crippen molar-refractivity contribution in [2.45, 2.75) is 13.0 Å². The number of carbonyl (C=O) groups is 3. The van der Waals surface area contributed by atoms with Gasteiger partial charge in [0.05, 0.1) is 24.3 Å². The van der Waals surface area contributed by atoms with Crippen molar-refractivity contribution in [2.24, 2.45) is 0 Å². The average molecular weight is 341 g/mol. The summed E-state index contributed by atoms with van der Waals surface area (Å²) in [5.74, 6) is -1.65. The fraction of sp³-hybridized carbons (Fsp3) is 0.211. The number of amides is 1. The SMILES string of the molecule is COC(=O)c1cccc(C(=O)OCC(=O)N[C@H](C)c2ccccc2)c1. The molecule has 2 aromatic rings.